The Balaban J connectivity index is 1.60. The molecule has 0 aliphatic heterocycles. The first-order valence-corrected chi connectivity index (χ1v) is 13.7. The van der Waals surface area contributed by atoms with E-state index in [2.05, 4.69) is 39.1 Å². The lowest BCUT2D eigenvalue weighted by molar-refractivity contribution is -0.155. The average Bonchev–Trinajstić information content (AvgIpc) is 2.80. The van der Waals surface area contributed by atoms with Gasteiger partial charge in [-0.25, -0.2) is 0 Å². The Labute approximate surface area is 218 Å². The number of carbonyl (C=O) groups is 3. The molecule has 0 heterocycles. The summed E-state index contributed by atoms with van der Waals surface area (Å²) in [5.74, 6) is -5.32. The second kappa shape index (κ2) is 8.07. The topological polar surface area (TPSA) is 87.0 Å². The molecule has 5 rings (SSSR count). The minimum absolute atomic E-state index is 0.00689. The zero-order chi connectivity index (χ0) is 27.2. The van der Waals surface area contributed by atoms with Crippen molar-refractivity contribution in [2.75, 3.05) is 0 Å². The van der Waals surface area contributed by atoms with Crippen LogP contribution in [0.1, 0.15) is 86.0 Å². The summed E-state index contributed by atoms with van der Waals surface area (Å²) in [4.78, 5) is 39.1. The van der Waals surface area contributed by atoms with E-state index >= 15 is 0 Å². The van der Waals surface area contributed by atoms with Gasteiger partial charge in [0.2, 0.25) is 0 Å². The number of nitrogens with zero attached hydrogens (tertiary/aromatic N) is 1. The van der Waals surface area contributed by atoms with Crippen LogP contribution in [0.5, 0.6) is 0 Å². The highest BCUT2D eigenvalue weighted by atomic mass is 19.3. The van der Waals surface area contributed by atoms with Gasteiger partial charge in [0.1, 0.15) is 6.07 Å². The molecule has 5 aliphatic rings. The van der Waals surface area contributed by atoms with E-state index in [0.717, 1.165) is 24.8 Å². The zero-order valence-corrected chi connectivity index (χ0v) is 22.5. The summed E-state index contributed by atoms with van der Waals surface area (Å²) in [6, 6.07) is 2.07. The van der Waals surface area contributed by atoms with E-state index in [4.69, 9.17) is 0 Å². The summed E-state index contributed by atoms with van der Waals surface area (Å²) >= 11 is 0. The van der Waals surface area contributed by atoms with Crippen molar-refractivity contribution in [1.82, 2.24) is 5.32 Å². The van der Waals surface area contributed by atoms with E-state index in [0.29, 0.717) is 39.0 Å². The Morgan fingerprint density at radius 2 is 1.78 bits per heavy atom. The maximum atomic E-state index is 14.1. The molecular weight excluding hydrogens is 474 g/mol. The molecule has 0 spiro atoms. The number of nitrogens with one attached hydrogen (secondary N) is 1. The van der Waals surface area contributed by atoms with Gasteiger partial charge in [0, 0.05) is 30.2 Å². The van der Waals surface area contributed by atoms with Gasteiger partial charge in [-0.2, -0.15) is 14.0 Å². The molecule has 37 heavy (non-hydrogen) atoms. The summed E-state index contributed by atoms with van der Waals surface area (Å²) in [6.07, 6.45) is 8.93. The van der Waals surface area contributed by atoms with E-state index in [-0.39, 0.29) is 51.6 Å². The van der Waals surface area contributed by atoms with Crippen LogP contribution in [0, 0.1) is 51.2 Å². The normalized spacial score (nSPS) is 42.6. The third-order valence-electron chi connectivity index (χ3n) is 11.0. The number of hydrogen-bond acceptors (Lipinski definition) is 4. The molecule has 0 radical (unpaired) electrons. The van der Waals surface area contributed by atoms with Crippen LogP contribution in [0.15, 0.2) is 23.3 Å². The molecule has 1 N–H and O–H groups in total. The molecule has 3 fully saturated rings. The largest absolute Gasteiger partial charge is 0.345 e. The highest BCUT2D eigenvalue weighted by Crippen LogP contribution is 2.67. The lowest BCUT2D eigenvalue weighted by Gasteiger charge is -2.64. The van der Waals surface area contributed by atoms with Crippen LogP contribution >= 0.6 is 0 Å². The first kappa shape index (κ1) is 26.3. The predicted octanol–water partition coefficient (Wildman–Crippen LogP) is 5.70. The fourth-order valence-corrected chi connectivity index (χ4v) is 8.96. The number of halogens is 2. The van der Waals surface area contributed by atoms with Gasteiger partial charge in [-0.15, -0.1) is 0 Å². The number of carbonyl (C=O) groups excluding carboxylic acids is 3. The maximum Gasteiger partial charge on any atom is 0.321 e. The Morgan fingerprint density at radius 1 is 1.08 bits per heavy atom. The van der Waals surface area contributed by atoms with Crippen molar-refractivity contribution in [2.24, 2.45) is 39.9 Å². The molecule has 3 saturated carbocycles. The third-order valence-corrected chi connectivity index (χ3v) is 11.0. The molecule has 5 nitrogen and oxygen atoms in total. The lowest BCUT2D eigenvalue weighted by Crippen LogP contribution is -2.67. The molecule has 0 aromatic carbocycles. The number of rotatable bonds is 2. The maximum absolute atomic E-state index is 14.1. The molecule has 7 heteroatoms. The molecule has 200 valence electrons. The van der Waals surface area contributed by atoms with E-state index in [9.17, 15) is 28.4 Å². The van der Waals surface area contributed by atoms with E-state index in [1.807, 2.05) is 0 Å². The van der Waals surface area contributed by atoms with Gasteiger partial charge in [-0.3, -0.25) is 14.4 Å². The van der Waals surface area contributed by atoms with Crippen molar-refractivity contribution < 1.29 is 23.2 Å². The Bertz CT molecular complexity index is 1170. The molecule has 5 aliphatic carbocycles. The first-order chi connectivity index (χ1) is 17.1. The van der Waals surface area contributed by atoms with Gasteiger partial charge >= 0.3 is 5.92 Å². The number of allylic oxidation sites excluding steroid dienone is 4. The quantitative estimate of drug-likeness (QED) is 0.514. The van der Waals surface area contributed by atoms with Crippen LogP contribution in [0.3, 0.4) is 0 Å². The Morgan fingerprint density at radius 3 is 2.43 bits per heavy atom. The Kier molecular flexibility index (Phi) is 5.73. The van der Waals surface area contributed by atoms with Gasteiger partial charge in [0.05, 0.1) is 5.57 Å². The summed E-state index contributed by atoms with van der Waals surface area (Å²) in [6.45, 7) is 9.24. The number of alkyl halides is 2. The van der Waals surface area contributed by atoms with Gasteiger partial charge in [-0.1, -0.05) is 39.3 Å². The number of ketones is 2. The predicted molar refractivity (Wildman–Crippen MR) is 134 cm³/mol. The molecule has 6 unspecified atom stereocenters. The van der Waals surface area contributed by atoms with E-state index in [1.165, 1.54) is 0 Å². The van der Waals surface area contributed by atoms with Crippen LogP contribution in [0.4, 0.5) is 8.78 Å². The van der Waals surface area contributed by atoms with Crippen LogP contribution in [-0.2, 0) is 14.4 Å². The van der Waals surface area contributed by atoms with Crippen LogP contribution < -0.4 is 5.32 Å². The van der Waals surface area contributed by atoms with Gasteiger partial charge in [0.25, 0.3) is 5.91 Å². The minimum atomic E-state index is -3.48. The highest BCUT2D eigenvalue weighted by molar-refractivity contribution is 6.01. The van der Waals surface area contributed by atoms with Crippen LogP contribution in [-0.4, -0.2) is 28.9 Å². The third kappa shape index (κ3) is 3.84. The smallest absolute Gasteiger partial charge is 0.321 e. The average molecular weight is 513 g/mol. The van der Waals surface area contributed by atoms with E-state index < -0.39 is 22.8 Å². The number of amides is 1. The van der Waals surface area contributed by atoms with Crippen molar-refractivity contribution in [1.29, 1.82) is 5.26 Å². The second-order valence-electron chi connectivity index (χ2n) is 13.8. The second-order valence-corrected chi connectivity index (χ2v) is 13.8. The standard InChI is InChI=1S/C30H38F2N2O3/c1-26(2)10-11-30(34-25(37)29(5,31)32)9-7-19-24(20(30)15-26)22(36)13-23-27(19,3)8-6-18-12-21(35)17(16-33)14-28(18,23)4/h13-14,18-20,24H,6-12,15H2,1-5H3,(H,34,37)/t18?,19?,20?,24?,27?,28-,30?/m0/s1. The fourth-order valence-electron chi connectivity index (χ4n) is 8.96. The Hall–Kier alpha value is -2.36. The van der Waals surface area contributed by atoms with Crippen LogP contribution in [0.25, 0.3) is 0 Å². The molecule has 0 aromatic heterocycles. The molecule has 0 bridgehead atoms. The molecular formula is C30H38F2N2O3. The molecule has 0 saturated heterocycles. The van der Waals surface area contributed by atoms with E-state index in [1.54, 1.807) is 12.2 Å². The molecule has 1 amide bonds. The summed E-state index contributed by atoms with van der Waals surface area (Å²) in [7, 11) is 0. The molecule has 7 atom stereocenters. The van der Waals surface area contributed by atoms with Gasteiger partial charge in [-0.05, 0) is 79.6 Å². The van der Waals surface area contributed by atoms with Crippen molar-refractivity contribution in [3.63, 3.8) is 0 Å². The van der Waals surface area contributed by atoms with Gasteiger partial charge < -0.3 is 5.32 Å². The fraction of sp³-hybridized carbons (Fsp3) is 0.733. The summed E-state index contributed by atoms with van der Waals surface area (Å²) in [5, 5.41) is 12.4. The summed E-state index contributed by atoms with van der Waals surface area (Å²) < 4.78 is 28.0. The highest BCUT2D eigenvalue weighted by Gasteiger charge is 2.64. The zero-order valence-electron chi connectivity index (χ0n) is 22.5. The molecule has 0 aromatic rings. The SMILES string of the molecule is CC1(C)CCC2(NC(=O)C(C)(F)F)CCC3C(C(=O)C=C4C3(C)CCC3CC(=O)C(C#N)=C[C@]43C)C2C1. The lowest BCUT2D eigenvalue weighted by atomic mass is 9.41. The number of nitriles is 1. The van der Waals surface area contributed by atoms with Crippen molar-refractivity contribution in [3.8, 4) is 6.07 Å². The van der Waals surface area contributed by atoms with Crippen molar-refractivity contribution in [3.05, 3.63) is 23.3 Å². The summed E-state index contributed by atoms with van der Waals surface area (Å²) in [5.41, 5.74) is -0.498. The first-order valence-electron chi connectivity index (χ1n) is 13.7. The monoisotopic (exact) mass is 512 g/mol. The van der Waals surface area contributed by atoms with Crippen molar-refractivity contribution in [2.45, 2.75) is 97.4 Å². The van der Waals surface area contributed by atoms with Gasteiger partial charge in [0.15, 0.2) is 11.6 Å². The van der Waals surface area contributed by atoms with Crippen molar-refractivity contribution >= 4 is 17.5 Å². The number of Topliss-reactive ketones (excluding diaryl/α,β-unsaturated/α-hetero) is 1. The minimum Gasteiger partial charge on any atom is -0.345 e. The number of fused-ring (bicyclic) bond motifs is 7. The van der Waals surface area contributed by atoms with Crippen LogP contribution in [0.2, 0.25) is 0 Å². The number of hydrogen-bond donors (Lipinski definition) is 1.